The van der Waals surface area contributed by atoms with Gasteiger partial charge >= 0.3 is 6.09 Å². The van der Waals surface area contributed by atoms with Gasteiger partial charge in [0.25, 0.3) is 0 Å². The number of carbonyl (C=O) groups is 1. The van der Waals surface area contributed by atoms with Crippen LogP contribution in [0, 0.1) is 0 Å². The average molecular weight is 365 g/mol. The van der Waals surface area contributed by atoms with Gasteiger partial charge in [-0.3, -0.25) is 0 Å². The van der Waals surface area contributed by atoms with E-state index in [9.17, 15) is 4.79 Å². The first-order valence-corrected chi connectivity index (χ1v) is 8.78. The van der Waals surface area contributed by atoms with Gasteiger partial charge in [0, 0.05) is 6.42 Å². The molecule has 0 unspecified atom stereocenters. The van der Waals surface area contributed by atoms with E-state index >= 15 is 0 Å². The molecule has 0 aliphatic carbocycles. The number of hydrogen-bond donors (Lipinski definition) is 2. The number of benzene rings is 2. The van der Waals surface area contributed by atoms with E-state index in [1.807, 2.05) is 51.1 Å². The summed E-state index contributed by atoms with van der Waals surface area (Å²) in [6, 6.07) is 18.0. The van der Waals surface area contributed by atoms with Crippen LogP contribution in [-0.2, 0) is 11.2 Å². The van der Waals surface area contributed by atoms with Crippen molar-refractivity contribution in [2.75, 3.05) is 0 Å². The number of carbonyl (C=O) groups excluding carboxylic acids is 1. The maximum atomic E-state index is 12.2. The molecule has 0 radical (unpaired) electrons. The molecule has 140 valence electrons. The second-order valence-corrected chi connectivity index (χ2v) is 7.25. The molecule has 27 heavy (non-hydrogen) atoms. The Morgan fingerprint density at radius 2 is 1.74 bits per heavy atom. The van der Waals surface area contributed by atoms with Crippen LogP contribution in [0.25, 0.3) is 11.1 Å². The minimum absolute atomic E-state index is 0.419. The molecule has 1 amide bonds. The standard InChI is InChI=1S/C20H23N5O2/c1-20(2,3)27-19(26)21-17(18-22-24-25-23-18)13-14-9-11-16(12-10-14)15-7-5-4-6-8-15/h4-12,17H,13H2,1-3H3,(H,21,26)(H,22,23,24,25)/t17-/m0/s1. The fourth-order valence-corrected chi connectivity index (χ4v) is 2.68. The minimum Gasteiger partial charge on any atom is -0.444 e. The van der Waals surface area contributed by atoms with E-state index in [2.05, 4.69) is 50.2 Å². The maximum absolute atomic E-state index is 12.2. The van der Waals surface area contributed by atoms with Crippen LogP contribution in [0.5, 0.6) is 0 Å². The Morgan fingerprint density at radius 1 is 1.07 bits per heavy atom. The maximum Gasteiger partial charge on any atom is 0.408 e. The van der Waals surface area contributed by atoms with Gasteiger partial charge in [0.15, 0.2) is 5.82 Å². The van der Waals surface area contributed by atoms with Crippen molar-refractivity contribution in [1.29, 1.82) is 0 Å². The molecule has 2 aromatic carbocycles. The molecule has 0 fully saturated rings. The van der Waals surface area contributed by atoms with Crippen molar-refractivity contribution in [1.82, 2.24) is 25.9 Å². The molecule has 0 spiro atoms. The van der Waals surface area contributed by atoms with E-state index in [4.69, 9.17) is 4.74 Å². The molecule has 3 aromatic rings. The highest BCUT2D eigenvalue weighted by molar-refractivity contribution is 5.68. The Bertz CT molecular complexity index is 856. The van der Waals surface area contributed by atoms with Gasteiger partial charge in [-0.25, -0.2) is 9.89 Å². The Kier molecular flexibility index (Phi) is 5.49. The van der Waals surface area contributed by atoms with Crippen LogP contribution in [-0.4, -0.2) is 32.3 Å². The Hall–Kier alpha value is -3.22. The molecule has 7 heteroatoms. The number of amides is 1. The second-order valence-electron chi connectivity index (χ2n) is 7.25. The number of nitrogens with zero attached hydrogens (tertiary/aromatic N) is 3. The van der Waals surface area contributed by atoms with E-state index in [1.54, 1.807) is 0 Å². The number of aromatic nitrogens is 4. The monoisotopic (exact) mass is 365 g/mol. The SMILES string of the molecule is CC(C)(C)OC(=O)N[C@@H](Cc1ccc(-c2ccccc2)cc1)c1nnn[nH]1. The molecule has 7 nitrogen and oxygen atoms in total. The van der Waals surface area contributed by atoms with Crippen molar-refractivity contribution < 1.29 is 9.53 Å². The van der Waals surface area contributed by atoms with Crippen molar-refractivity contribution in [3.8, 4) is 11.1 Å². The molecule has 1 aromatic heterocycles. The van der Waals surface area contributed by atoms with Crippen LogP contribution in [0.2, 0.25) is 0 Å². The lowest BCUT2D eigenvalue weighted by Gasteiger charge is -2.22. The zero-order valence-electron chi connectivity index (χ0n) is 15.6. The average Bonchev–Trinajstić information content (AvgIpc) is 3.16. The lowest BCUT2D eigenvalue weighted by Crippen LogP contribution is -2.36. The zero-order chi connectivity index (χ0) is 19.3. The van der Waals surface area contributed by atoms with E-state index in [0.717, 1.165) is 16.7 Å². The van der Waals surface area contributed by atoms with Gasteiger partial charge in [0.2, 0.25) is 0 Å². The normalized spacial score (nSPS) is 12.4. The quantitative estimate of drug-likeness (QED) is 0.719. The highest BCUT2D eigenvalue weighted by atomic mass is 16.6. The zero-order valence-corrected chi connectivity index (χ0v) is 15.6. The number of tetrazole rings is 1. The number of alkyl carbamates (subject to hydrolysis) is 1. The lowest BCUT2D eigenvalue weighted by molar-refractivity contribution is 0.0501. The van der Waals surface area contributed by atoms with Gasteiger partial charge in [-0.05, 0) is 47.9 Å². The largest absolute Gasteiger partial charge is 0.444 e. The Balaban J connectivity index is 1.73. The third-order valence-electron chi connectivity index (χ3n) is 3.88. The first-order valence-electron chi connectivity index (χ1n) is 8.78. The van der Waals surface area contributed by atoms with Crippen LogP contribution in [0.15, 0.2) is 54.6 Å². The Morgan fingerprint density at radius 3 is 2.33 bits per heavy atom. The van der Waals surface area contributed by atoms with E-state index in [1.165, 1.54) is 0 Å². The molecule has 0 saturated carbocycles. The van der Waals surface area contributed by atoms with E-state index < -0.39 is 17.7 Å². The van der Waals surface area contributed by atoms with Crippen LogP contribution >= 0.6 is 0 Å². The summed E-state index contributed by atoms with van der Waals surface area (Å²) in [6.07, 6.45) is 0.0235. The third kappa shape index (κ3) is 5.37. The summed E-state index contributed by atoms with van der Waals surface area (Å²) in [6.45, 7) is 5.46. The van der Waals surface area contributed by atoms with Gasteiger partial charge in [0.05, 0.1) is 6.04 Å². The number of hydrogen-bond acceptors (Lipinski definition) is 5. The van der Waals surface area contributed by atoms with Gasteiger partial charge in [0.1, 0.15) is 5.60 Å². The van der Waals surface area contributed by atoms with Crippen molar-refractivity contribution in [2.45, 2.75) is 38.8 Å². The fourth-order valence-electron chi connectivity index (χ4n) is 2.68. The number of aromatic amines is 1. The summed E-state index contributed by atoms with van der Waals surface area (Å²) in [5.74, 6) is 0.480. The summed E-state index contributed by atoms with van der Waals surface area (Å²) >= 11 is 0. The fraction of sp³-hybridized carbons (Fsp3) is 0.300. The predicted octanol–water partition coefficient (Wildman–Crippen LogP) is 3.68. The highest BCUT2D eigenvalue weighted by Gasteiger charge is 2.23. The molecule has 0 aliphatic rings. The Labute approximate surface area is 158 Å². The molecule has 2 N–H and O–H groups in total. The number of rotatable bonds is 5. The molecular weight excluding hydrogens is 342 g/mol. The molecule has 3 rings (SSSR count). The summed E-state index contributed by atoms with van der Waals surface area (Å²) in [5, 5.41) is 16.7. The van der Waals surface area contributed by atoms with Gasteiger partial charge < -0.3 is 10.1 Å². The summed E-state index contributed by atoms with van der Waals surface area (Å²) in [7, 11) is 0. The topological polar surface area (TPSA) is 92.8 Å². The first kappa shape index (κ1) is 18.6. The molecular formula is C20H23N5O2. The minimum atomic E-state index is -0.578. The lowest BCUT2D eigenvalue weighted by atomic mass is 10.0. The van der Waals surface area contributed by atoms with Crippen molar-refractivity contribution >= 4 is 6.09 Å². The molecule has 0 saturated heterocycles. The van der Waals surface area contributed by atoms with Crippen LogP contribution < -0.4 is 5.32 Å². The van der Waals surface area contributed by atoms with Gasteiger partial charge in [-0.15, -0.1) is 5.10 Å². The molecule has 1 atom stereocenters. The van der Waals surface area contributed by atoms with Crippen LogP contribution in [0.3, 0.4) is 0 Å². The van der Waals surface area contributed by atoms with Gasteiger partial charge in [-0.1, -0.05) is 54.6 Å². The van der Waals surface area contributed by atoms with Crippen molar-refractivity contribution in [2.24, 2.45) is 0 Å². The highest BCUT2D eigenvalue weighted by Crippen LogP contribution is 2.22. The van der Waals surface area contributed by atoms with Gasteiger partial charge in [-0.2, -0.15) is 0 Å². The third-order valence-corrected chi connectivity index (χ3v) is 3.88. The summed E-state index contributed by atoms with van der Waals surface area (Å²) in [5.41, 5.74) is 2.77. The van der Waals surface area contributed by atoms with Crippen molar-refractivity contribution in [3.63, 3.8) is 0 Å². The molecule has 0 aliphatic heterocycles. The molecule has 1 heterocycles. The second kappa shape index (κ2) is 7.99. The van der Waals surface area contributed by atoms with E-state index in [0.29, 0.717) is 12.2 Å². The smallest absolute Gasteiger partial charge is 0.408 e. The van der Waals surface area contributed by atoms with Crippen LogP contribution in [0.4, 0.5) is 4.79 Å². The predicted molar refractivity (Wildman–Crippen MR) is 102 cm³/mol. The first-order chi connectivity index (χ1) is 12.9. The van der Waals surface area contributed by atoms with E-state index in [-0.39, 0.29) is 0 Å². The van der Waals surface area contributed by atoms with Crippen LogP contribution in [0.1, 0.15) is 38.2 Å². The summed E-state index contributed by atoms with van der Waals surface area (Å²) in [4.78, 5) is 12.2. The molecule has 0 bridgehead atoms. The van der Waals surface area contributed by atoms with Crippen molar-refractivity contribution in [3.05, 3.63) is 66.0 Å². The number of nitrogens with one attached hydrogen (secondary N) is 2. The summed E-state index contributed by atoms with van der Waals surface area (Å²) < 4.78 is 5.35. The number of ether oxygens (including phenoxy) is 1. The number of H-pyrrole nitrogens is 1.